The van der Waals surface area contributed by atoms with Crippen LogP contribution in [0.25, 0.3) is 11.4 Å². The Kier molecular flexibility index (Phi) is 3.72. The Labute approximate surface area is 110 Å². The van der Waals surface area contributed by atoms with Crippen molar-refractivity contribution in [3.8, 4) is 17.1 Å². The van der Waals surface area contributed by atoms with Crippen molar-refractivity contribution in [2.75, 3.05) is 7.11 Å². The minimum atomic E-state index is -0.397. The van der Waals surface area contributed by atoms with Crippen LogP contribution in [0, 0.1) is 10.5 Å². The first-order chi connectivity index (χ1) is 8.63. The van der Waals surface area contributed by atoms with E-state index in [-0.39, 0.29) is 5.75 Å². The minimum Gasteiger partial charge on any atom is -0.494 e. The number of ether oxygens (including phenoxy) is 1. The molecule has 0 saturated carbocycles. The summed E-state index contributed by atoms with van der Waals surface area (Å²) in [5, 5.41) is 0. The molecule has 1 N–H and O–H groups in total. The molecule has 0 aliphatic heterocycles. The fraction of sp³-hybridized carbons (Fsp3) is 0.231. The minimum absolute atomic E-state index is 0.190. The van der Waals surface area contributed by atoms with E-state index in [2.05, 4.69) is 9.97 Å². The molecule has 0 bridgehead atoms. The van der Waals surface area contributed by atoms with Crippen molar-refractivity contribution >= 4 is 12.2 Å². The first kappa shape index (κ1) is 12.7. The summed E-state index contributed by atoms with van der Waals surface area (Å²) in [5.41, 5.74) is 1.74. The number of rotatable bonds is 3. The number of nitrogens with zero attached hydrogens (tertiary/aromatic N) is 1. The number of methoxy groups -OCH3 is 1. The van der Waals surface area contributed by atoms with E-state index >= 15 is 0 Å². The molecule has 94 valence electrons. The summed E-state index contributed by atoms with van der Waals surface area (Å²) in [7, 11) is 1.43. The molecule has 2 aromatic rings. The summed E-state index contributed by atoms with van der Waals surface area (Å²) in [6, 6.07) is 6.41. The summed E-state index contributed by atoms with van der Waals surface area (Å²) >= 11 is 5.10. The molecule has 3 nitrogen and oxygen atoms in total. The van der Waals surface area contributed by atoms with Crippen molar-refractivity contribution in [1.29, 1.82) is 0 Å². The van der Waals surface area contributed by atoms with Gasteiger partial charge in [-0.05, 0) is 30.7 Å². The zero-order valence-corrected chi connectivity index (χ0v) is 11.0. The Hall–Kier alpha value is -1.75. The van der Waals surface area contributed by atoms with E-state index in [1.807, 2.05) is 13.0 Å². The third kappa shape index (κ3) is 2.56. The molecule has 2 rings (SSSR count). The quantitative estimate of drug-likeness (QED) is 0.862. The molecule has 0 aliphatic carbocycles. The zero-order chi connectivity index (χ0) is 13.1. The highest BCUT2D eigenvalue weighted by Crippen LogP contribution is 2.24. The summed E-state index contributed by atoms with van der Waals surface area (Å²) in [6.45, 7) is 2.02. The highest BCUT2D eigenvalue weighted by Gasteiger charge is 2.07. The van der Waals surface area contributed by atoms with Gasteiger partial charge in [-0.2, -0.15) is 0 Å². The van der Waals surface area contributed by atoms with Crippen LogP contribution >= 0.6 is 12.2 Å². The number of hydrogen-bond donors (Lipinski definition) is 1. The van der Waals surface area contributed by atoms with E-state index in [9.17, 15) is 4.39 Å². The van der Waals surface area contributed by atoms with Crippen LogP contribution < -0.4 is 4.74 Å². The van der Waals surface area contributed by atoms with Gasteiger partial charge in [-0.15, -0.1) is 0 Å². The van der Waals surface area contributed by atoms with Crippen molar-refractivity contribution in [1.82, 2.24) is 9.97 Å². The molecule has 0 radical (unpaired) electrons. The van der Waals surface area contributed by atoms with E-state index in [4.69, 9.17) is 17.0 Å². The zero-order valence-electron chi connectivity index (χ0n) is 10.2. The average Bonchev–Trinajstić information content (AvgIpc) is 2.38. The molecule has 0 spiro atoms. The molecule has 1 aromatic heterocycles. The van der Waals surface area contributed by atoms with Gasteiger partial charge in [-0.25, -0.2) is 9.37 Å². The summed E-state index contributed by atoms with van der Waals surface area (Å²) in [4.78, 5) is 7.40. The monoisotopic (exact) mass is 264 g/mol. The van der Waals surface area contributed by atoms with Crippen molar-refractivity contribution in [2.24, 2.45) is 0 Å². The molecule has 0 aliphatic rings. The Morgan fingerprint density at radius 1 is 1.39 bits per heavy atom. The lowest BCUT2D eigenvalue weighted by molar-refractivity contribution is 0.386. The van der Waals surface area contributed by atoms with Gasteiger partial charge in [0.2, 0.25) is 0 Å². The number of benzene rings is 1. The van der Waals surface area contributed by atoms with Crippen LogP contribution in [0.3, 0.4) is 0 Å². The molecule has 0 fully saturated rings. The number of aromatic nitrogens is 2. The molecule has 0 unspecified atom stereocenters. The van der Waals surface area contributed by atoms with Gasteiger partial charge in [0.15, 0.2) is 11.6 Å². The normalized spacial score (nSPS) is 10.4. The van der Waals surface area contributed by atoms with Gasteiger partial charge in [0.05, 0.1) is 7.11 Å². The maximum Gasteiger partial charge on any atom is 0.165 e. The van der Waals surface area contributed by atoms with Gasteiger partial charge in [0.25, 0.3) is 0 Å². The van der Waals surface area contributed by atoms with Gasteiger partial charge in [-0.1, -0.05) is 19.1 Å². The molecule has 0 amide bonds. The molecular formula is C13H13FN2OS. The molecule has 18 heavy (non-hydrogen) atoms. The third-order valence-corrected chi connectivity index (χ3v) is 2.81. The fourth-order valence-corrected chi connectivity index (χ4v) is 1.88. The first-order valence-electron chi connectivity index (χ1n) is 5.58. The van der Waals surface area contributed by atoms with E-state index in [0.717, 1.165) is 17.7 Å². The van der Waals surface area contributed by atoms with Gasteiger partial charge < -0.3 is 9.72 Å². The maximum absolute atomic E-state index is 13.3. The number of hydrogen-bond acceptors (Lipinski definition) is 3. The van der Waals surface area contributed by atoms with Crippen molar-refractivity contribution in [2.45, 2.75) is 13.3 Å². The first-order valence-corrected chi connectivity index (χ1v) is 5.99. The van der Waals surface area contributed by atoms with Crippen LogP contribution in [-0.4, -0.2) is 17.1 Å². The van der Waals surface area contributed by atoms with Gasteiger partial charge in [0.1, 0.15) is 10.5 Å². The van der Waals surface area contributed by atoms with Crippen LogP contribution in [0.2, 0.25) is 0 Å². The van der Waals surface area contributed by atoms with Gasteiger partial charge in [-0.3, -0.25) is 0 Å². The van der Waals surface area contributed by atoms with E-state index < -0.39 is 5.82 Å². The lowest BCUT2D eigenvalue weighted by Crippen LogP contribution is -1.96. The fourth-order valence-electron chi connectivity index (χ4n) is 1.64. The number of H-pyrrole nitrogens is 1. The average molecular weight is 264 g/mol. The summed E-state index contributed by atoms with van der Waals surface area (Å²) in [5.74, 6) is 0.416. The van der Waals surface area contributed by atoms with Crippen molar-refractivity contribution < 1.29 is 9.13 Å². The molecule has 0 atom stereocenters. The Bertz CT molecular complexity index is 625. The largest absolute Gasteiger partial charge is 0.494 e. The Morgan fingerprint density at radius 2 is 2.17 bits per heavy atom. The molecule has 1 heterocycles. The maximum atomic E-state index is 13.3. The SMILES string of the molecule is CCc1cc(=S)nc(-c2ccc(F)c(OC)c2)[nH]1. The topological polar surface area (TPSA) is 37.9 Å². The highest BCUT2D eigenvalue weighted by molar-refractivity contribution is 7.71. The Balaban J connectivity index is 2.54. The summed E-state index contributed by atoms with van der Waals surface area (Å²) in [6.07, 6.45) is 0.831. The van der Waals surface area contributed by atoms with E-state index in [1.54, 1.807) is 12.1 Å². The number of aromatic amines is 1. The second-order valence-corrected chi connectivity index (χ2v) is 4.21. The van der Waals surface area contributed by atoms with Crippen LogP contribution in [0.5, 0.6) is 5.75 Å². The van der Waals surface area contributed by atoms with Crippen molar-refractivity contribution in [3.63, 3.8) is 0 Å². The molecular weight excluding hydrogens is 251 g/mol. The molecule has 0 saturated heterocycles. The predicted octanol–water partition coefficient (Wildman–Crippen LogP) is 3.52. The van der Waals surface area contributed by atoms with Crippen LogP contribution in [0.1, 0.15) is 12.6 Å². The Morgan fingerprint density at radius 3 is 2.83 bits per heavy atom. The van der Waals surface area contributed by atoms with Crippen LogP contribution in [-0.2, 0) is 6.42 Å². The van der Waals surface area contributed by atoms with Crippen LogP contribution in [0.15, 0.2) is 24.3 Å². The second kappa shape index (κ2) is 5.27. The number of nitrogens with one attached hydrogen (secondary N) is 1. The smallest absolute Gasteiger partial charge is 0.165 e. The predicted molar refractivity (Wildman–Crippen MR) is 70.7 cm³/mol. The van der Waals surface area contributed by atoms with Crippen LogP contribution in [0.4, 0.5) is 4.39 Å². The molecule has 5 heteroatoms. The lowest BCUT2D eigenvalue weighted by atomic mass is 10.2. The molecule has 1 aromatic carbocycles. The summed E-state index contributed by atoms with van der Waals surface area (Å²) < 4.78 is 18.8. The second-order valence-electron chi connectivity index (χ2n) is 3.80. The highest BCUT2D eigenvalue weighted by atomic mass is 32.1. The van der Waals surface area contributed by atoms with Crippen molar-refractivity contribution in [3.05, 3.63) is 40.4 Å². The number of halogens is 1. The lowest BCUT2D eigenvalue weighted by Gasteiger charge is -2.07. The standard InChI is InChI=1S/C13H13FN2OS/c1-3-9-7-12(18)16-13(15-9)8-4-5-10(14)11(6-8)17-2/h4-7H,3H2,1-2H3,(H,15,16,18). The third-order valence-electron chi connectivity index (χ3n) is 2.60. The van der Waals surface area contributed by atoms with Gasteiger partial charge in [0, 0.05) is 11.3 Å². The van der Waals surface area contributed by atoms with Gasteiger partial charge >= 0.3 is 0 Å². The van der Waals surface area contributed by atoms with E-state index in [1.165, 1.54) is 13.2 Å². The van der Waals surface area contributed by atoms with E-state index in [0.29, 0.717) is 10.5 Å². The number of aryl methyl sites for hydroxylation is 1.